The molecule has 3 unspecified atom stereocenters. The van der Waals surface area contributed by atoms with E-state index >= 15 is 0 Å². The van der Waals surface area contributed by atoms with Crippen LogP contribution in [0.5, 0.6) is 5.75 Å². The van der Waals surface area contributed by atoms with Gasteiger partial charge in [-0.05, 0) is 37.0 Å². The van der Waals surface area contributed by atoms with Gasteiger partial charge in [-0.3, -0.25) is 9.66 Å². The molecule has 1 aromatic carbocycles. The first-order chi connectivity index (χ1) is 12.2. The first-order valence-corrected chi connectivity index (χ1v) is 11.5. The van der Waals surface area contributed by atoms with Gasteiger partial charge in [0.15, 0.2) is 6.29 Å². The monoisotopic (exact) mass is 413 g/mol. The van der Waals surface area contributed by atoms with Crippen LogP contribution in [0.3, 0.4) is 0 Å². The molecule has 0 spiro atoms. The Hall–Kier alpha value is -0.0800. The maximum Gasteiger partial charge on any atom is 0.403 e. The number of aliphatic hydroxyl groups excluding tert-OH is 1. The SMILES string of the molecule is NSP(F)OP(OCCOC1CCCCO1)Oc1ccc(CO)cc1. The van der Waals surface area contributed by atoms with Crippen molar-refractivity contribution in [1.29, 1.82) is 0 Å². The van der Waals surface area contributed by atoms with Gasteiger partial charge in [0.25, 0.3) is 0 Å². The molecule has 1 aliphatic heterocycles. The first kappa shape index (κ1) is 21.2. The van der Waals surface area contributed by atoms with Crippen LogP contribution in [-0.2, 0) is 24.9 Å². The van der Waals surface area contributed by atoms with Crippen molar-refractivity contribution in [2.24, 2.45) is 5.14 Å². The Bertz CT molecular complexity index is 483. The Balaban J connectivity index is 1.77. The lowest BCUT2D eigenvalue weighted by Crippen LogP contribution is -2.23. The Morgan fingerprint density at radius 3 is 2.72 bits per heavy atom. The van der Waals surface area contributed by atoms with E-state index in [0.29, 0.717) is 30.5 Å². The quantitative estimate of drug-likeness (QED) is 0.317. The van der Waals surface area contributed by atoms with E-state index in [1.807, 2.05) is 0 Å². The molecule has 11 heteroatoms. The molecule has 1 saturated heterocycles. The number of ether oxygens (including phenoxy) is 2. The Morgan fingerprint density at radius 2 is 2.08 bits per heavy atom. The zero-order chi connectivity index (χ0) is 17.9. The maximum atomic E-state index is 13.5. The molecule has 0 aliphatic carbocycles. The Kier molecular flexibility index (Phi) is 10.5. The molecule has 0 saturated carbocycles. The number of halogens is 1. The largest absolute Gasteiger partial charge is 0.427 e. The van der Waals surface area contributed by atoms with Crippen molar-refractivity contribution in [3.63, 3.8) is 0 Å². The van der Waals surface area contributed by atoms with E-state index in [4.69, 9.17) is 33.1 Å². The van der Waals surface area contributed by atoms with Crippen molar-refractivity contribution in [2.45, 2.75) is 32.2 Å². The molecule has 1 heterocycles. The second-order valence-electron chi connectivity index (χ2n) is 5.02. The second kappa shape index (κ2) is 12.3. The molecule has 3 atom stereocenters. The van der Waals surface area contributed by atoms with E-state index in [1.165, 1.54) is 0 Å². The van der Waals surface area contributed by atoms with Crippen LogP contribution in [0, 0.1) is 0 Å². The molecule has 3 N–H and O–H groups in total. The van der Waals surface area contributed by atoms with Crippen LogP contribution in [0.25, 0.3) is 0 Å². The topological polar surface area (TPSA) is 92.4 Å². The molecule has 1 aliphatic rings. The molecular weight excluding hydrogens is 391 g/mol. The zero-order valence-corrected chi connectivity index (χ0v) is 16.2. The van der Waals surface area contributed by atoms with Gasteiger partial charge in [-0.2, -0.15) is 4.20 Å². The Morgan fingerprint density at radius 1 is 1.28 bits per heavy atom. The van der Waals surface area contributed by atoms with Gasteiger partial charge < -0.3 is 19.1 Å². The predicted octanol–water partition coefficient (Wildman–Crippen LogP) is 4.16. The second-order valence-corrected chi connectivity index (χ2v) is 8.69. The van der Waals surface area contributed by atoms with Crippen molar-refractivity contribution in [2.75, 3.05) is 19.8 Å². The fraction of sp³-hybridized carbons (Fsp3) is 0.571. The van der Waals surface area contributed by atoms with Gasteiger partial charge in [-0.15, -0.1) is 0 Å². The third-order valence-electron chi connectivity index (χ3n) is 3.22. The number of aliphatic hydroxyl groups is 1. The van der Waals surface area contributed by atoms with Crippen LogP contribution < -0.4 is 9.66 Å². The summed E-state index contributed by atoms with van der Waals surface area (Å²) in [4.78, 5) is 0. The third kappa shape index (κ3) is 8.43. The lowest BCUT2D eigenvalue weighted by molar-refractivity contribution is -0.165. The van der Waals surface area contributed by atoms with Crippen LogP contribution in [0.1, 0.15) is 24.8 Å². The summed E-state index contributed by atoms with van der Waals surface area (Å²) in [6.07, 6.45) is 2.77. The lowest BCUT2D eigenvalue weighted by Gasteiger charge is -2.23. The van der Waals surface area contributed by atoms with Crippen molar-refractivity contribution < 1.29 is 32.1 Å². The lowest BCUT2D eigenvalue weighted by atomic mass is 10.2. The number of rotatable bonds is 11. The van der Waals surface area contributed by atoms with Crippen LogP contribution in [0.4, 0.5) is 4.20 Å². The minimum absolute atomic E-state index is 0.0672. The molecule has 0 amide bonds. The highest BCUT2D eigenvalue weighted by Gasteiger charge is 2.22. The van der Waals surface area contributed by atoms with Crippen LogP contribution in [0.2, 0.25) is 0 Å². The molecule has 0 radical (unpaired) electrons. The summed E-state index contributed by atoms with van der Waals surface area (Å²) in [5.41, 5.74) is 0.740. The highest BCUT2D eigenvalue weighted by atomic mass is 32.7. The van der Waals surface area contributed by atoms with E-state index in [1.54, 1.807) is 24.3 Å². The molecule has 2 rings (SSSR count). The summed E-state index contributed by atoms with van der Waals surface area (Å²) in [6.45, 7) is 1.11. The van der Waals surface area contributed by atoms with Crippen molar-refractivity contribution in [3.05, 3.63) is 29.8 Å². The fourth-order valence-corrected chi connectivity index (χ4v) is 4.32. The van der Waals surface area contributed by atoms with Gasteiger partial charge in [0.2, 0.25) is 0 Å². The normalized spacial score (nSPS) is 20.2. The summed E-state index contributed by atoms with van der Waals surface area (Å²) in [6, 6.07) is 6.69. The van der Waals surface area contributed by atoms with Gasteiger partial charge >= 0.3 is 16.3 Å². The summed E-state index contributed by atoms with van der Waals surface area (Å²) in [7, 11) is -4.34. The highest BCUT2D eigenvalue weighted by Crippen LogP contribution is 2.60. The van der Waals surface area contributed by atoms with Crippen molar-refractivity contribution in [1.82, 2.24) is 0 Å². The zero-order valence-electron chi connectivity index (χ0n) is 13.6. The Labute approximate surface area is 153 Å². The molecule has 1 aromatic rings. The van der Waals surface area contributed by atoms with Crippen LogP contribution in [0.15, 0.2) is 24.3 Å². The number of hydrogen-bond donors (Lipinski definition) is 2. The molecular formula is C14H22FNO6P2S. The third-order valence-corrected chi connectivity index (χ3v) is 6.28. The molecule has 0 aromatic heterocycles. The minimum atomic E-state index is -2.39. The first-order valence-electron chi connectivity index (χ1n) is 7.76. The average Bonchev–Trinajstić information content (AvgIpc) is 2.66. The van der Waals surface area contributed by atoms with Gasteiger partial charge in [0, 0.05) is 18.2 Å². The van der Waals surface area contributed by atoms with E-state index < -0.39 is 16.3 Å². The van der Waals surface area contributed by atoms with Gasteiger partial charge in [0.05, 0.1) is 19.8 Å². The van der Waals surface area contributed by atoms with Gasteiger partial charge in [-0.25, -0.2) is 4.31 Å². The average molecular weight is 413 g/mol. The predicted molar refractivity (Wildman–Crippen MR) is 96.3 cm³/mol. The number of nitrogens with two attached hydrogens (primary N) is 1. The van der Waals surface area contributed by atoms with E-state index in [0.717, 1.165) is 24.8 Å². The molecule has 7 nitrogen and oxygen atoms in total. The van der Waals surface area contributed by atoms with Crippen LogP contribution >= 0.6 is 27.8 Å². The maximum absolute atomic E-state index is 13.5. The minimum Gasteiger partial charge on any atom is -0.427 e. The van der Waals surface area contributed by atoms with Gasteiger partial charge in [0.1, 0.15) is 5.75 Å². The fourth-order valence-electron chi connectivity index (χ4n) is 2.01. The smallest absolute Gasteiger partial charge is 0.403 e. The molecule has 1 fully saturated rings. The van der Waals surface area contributed by atoms with Crippen LogP contribution in [-0.4, -0.2) is 31.2 Å². The van der Waals surface area contributed by atoms with E-state index in [2.05, 4.69) is 0 Å². The summed E-state index contributed by atoms with van der Waals surface area (Å²) in [5, 5.41) is 14.2. The summed E-state index contributed by atoms with van der Waals surface area (Å²) < 4.78 is 40.5. The van der Waals surface area contributed by atoms with Gasteiger partial charge in [-0.1, -0.05) is 12.1 Å². The van der Waals surface area contributed by atoms with Crippen molar-refractivity contribution >= 4 is 27.8 Å². The van der Waals surface area contributed by atoms with Crippen molar-refractivity contribution in [3.8, 4) is 5.75 Å². The standard InChI is InChI=1S/C14H22FNO6P2S/c15-23(25-16)22-24(21-13-6-4-12(11-17)5-7-13)20-10-9-19-14-3-1-2-8-18-14/h4-7,14,17H,1-3,8-11,16H2. The number of hydrogen-bond acceptors (Lipinski definition) is 8. The summed E-state index contributed by atoms with van der Waals surface area (Å²) >= 11 is 0.479. The molecule has 25 heavy (non-hydrogen) atoms. The number of benzene rings is 1. The van der Waals surface area contributed by atoms with E-state index in [-0.39, 0.29) is 19.5 Å². The summed E-state index contributed by atoms with van der Waals surface area (Å²) in [5.74, 6) is 0.449. The van der Waals surface area contributed by atoms with E-state index in [9.17, 15) is 4.20 Å². The molecule has 0 bridgehead atoms. The highest BCUT2D eigenvalue weighted by molar-refractivity contribution is 8.52. The molecule has 142 valence electrons.